The Bertz CT molecular complexity index is 375. The third-order valence-corrected chi connectivity index (χ3v) is 4.14. The van der Waals surface area contributed by atoms with Crippen molar-refractivity contribution in [2.24, 2.45) is 17.8 Å². The van der Waals surface area contributed by atoms with Crippen molar-refractivity contribution >= 4 is 0 Å². The van der Waals surface area contributed by atoms with E-state index in [-0.39, 0.29) is 0 Å². The van der Waals surface area contributed by atoms with Gasteiger partial charge in [0.05, 0.1) is 12.7 Å². The van der Waals surface area contributed by atoms with E-state index in [9.17, 15) is 0 Å². The summed E-state index contributed by atoms with van der Waals surface area (Å²) in [4.78, 5) is 4.37. The van der Waals surface area contributed by atoms with Crippen molar-refractivity contribution in [3.63, 3.8) is 0 Å². The second-order valence-electron chi connectivity index (χ2n) is 5.97. The number of oxazole rings is 1. The Labute approximate surface area is 103 Å². The number of rotatable bonds is 5. The Hall–Kier alpha value is -0.830. The molecule has 0 spiro atoms. The van der Waals surface area contributed by atoms with E-state index >= 15 is 0 Å². The van der Waals surface area contributed by atoms with Crippen LogP contribution in [0.15, 0.2) is 10.6 Å². The van der Waals surface area contributed by atoms with E-state index < -0.39 is 0 Å². The molecule has 3 rings (SSSR count). The molecule has 0 aromatic carbocycles. The van der Waals surface area contributed by atoms with Crippen LogP contribution in [0.1, 0.15) is 50.7 Å². The van der Waals surface area contributed by atoms with Crippen LogP contribution in [-0.4, -0.2) is 11.5 Å². The SMILES string of the molecule is CC(C)CNCc1ncc(C2C3CCCC32)o1. The zero-order valence-corrected chi connectivity index (χ0v) is 10.8. The van der Waals surface area contributed by atoms with Gasteiger partial charge in [-0.25, -0.2) is 4.98 Å². The second-order valence-corrected chi connectivity index (χ2v) is 5.97. The Morgan fingerprint density at radius 2 is 2.18 bits per heavy atom. The van der Waals surface area contributed by atoms with Crippen LogP contribution >= 0.6 is 0 Å². The zero-order chi connectivity index (χ0) is 11.8. The highest BCUT2D eigenvalue weighted by molar-refractivity contribution is 5.19. The molecule has 17 heavy (non-hydrogen) atoms. The van der Waals surface area contributed by atoms with Crippen LogP contribution in [0, 0.1) is 17.8 Å². The Morgan fingerprint density at radius 1 is 1.41 bits per heavy atom. The molecule has 2 unspecified atom stereocenters. The van der Waals surface area contributed by atoms with Crippen LogP contribution in [-0.2, 0) is 6.54 Å². The number of fused-ring (bicyclic) bond motifs is 1. The molecular weight excluding hydrogens is 212 g/mol. The van der Waals surface area contributed by atoms with Gasteiger partial charge in [-0.05, 0) is 37.1 Å². The zero-order valence-electron chi connectivity index (χ0n) is 10.8. The minimum absolute atomic E-state index is 0.673. The molecule has 2 aliphatic rings. The number of hydrogen-bond acceptors (Lipinski definition) is 3. The molecule has 2 atom stereocenters. The lowest BCUT2D eigenvalue weighted by Gasteiger charge is -2.04. The maximum Gasteiger partial charge on any atom is 0.208 e. The molecule has 2 aliphatic carbocycles. The molecule has 2 fully saturated rings. The molecule has 2 saturated carbocycles. The van der Waals surface area contributed by atoms with Crippen molar-refractivity contribution in [1.82, 2.24) is 10.3 Å². The van der Waals surface area contributed by atoms with Gasteiger partial charge in [0.25, 0.3) is 0 Å². The van der Waals surface area contributed by atoms with Gasteiger partial charge in [0.2, 0.25) is 5.89 Å². The molecule has 0 saturated heterocycles. The summed E-state index contributed by atoms with van der Waals surface area (Å²) in [6.45, 7) is 6.20. The monoisotopic (exact) mass is 234 g/mol. The molecule has 94 valence electrons. The molecule has 0 amide bonds. The number of nitrogens with one attached hydrogen (secondary N) is 1. The molecular formula is C14H22N2O. The fraction of sp³-hybridized carbons (Fsp3) is 0.786. The molecule has 0 bridgehead atoms. The van der Waals surface area contributed by atoms with Crippen LogP contribution in [0.4, 0.5) is 0 Å². The second kappa shape index (κ2) is 4.45. The van der Waals surface area contributed by atoms with Crippen molar-refractivity contribution in [3.05, 3.63) is 17.8 Å². The highest BCUT2D eigenvalue weighted by Gasteiger charge is 2.54. The van der Waals surface area contributed by atoms with Gasteiger partial charge < -0.3 is 9.73 Å². The highest BCUT2D eigenvalue weighted by Crippen LogP contribution is 2.63. The van der Waals surface area contributed by atoms with E-state index in [2.05, 4.69) is 24.1 Å². The largest absolute Gasteiger partial charge is 0.444 e. The Balaban J connectivity index is 1.53. The minimum atomic E-state index is 0.673. The van der Waals surface area contributed by atoms with Crippen molar-refractivity contribution in [3.8, 4) is 0 Å². The van der Waals surface area contributed by atoms with Gasteiger partial charge in [0.15, 0.2) is 0 Å². The van der Waals surface area contributed by atoms with Gasteiger partial charge in [0, 0.05) is 5.92 Å². The van der Waals surface area contributed by atoms with Crippen LogP contribution in [0.5, 0.6) is 0 Å². The number of nitrogens with zero attached hydrogens (tertiary/aromatic N) is 1. The van der Waals surface area contributed by atoms with Crippen molar-refractivity contribution in [1.29, 1.82) is 0 Å². The van der Waals surface area contributed by atoms with E-state index in [1.807, 2.05) is 6.20 Å². The van der Waals surface area contributed by atoms with Gasteiger partial charge in [-0.2, -0.15) is 0 Å². The van der Waals surface area contributed by atoms with Crippen molar-refractivity contribution < 1.29 is 4.42 Å². The number of hydrogen-bond donors (Lipinski definition) is 1. The predicted molar refractivity (Wildman–Crippen MR) is 66.6 cm³/mol. The fourth-order valence-corrected chi connectivity index (χ4v) is 3.27. The Morgan fingerprint density at radius 3 is 2.88 bits per heavy atom. The molecule has 1 N–H and O–H groups in total. The Kier molecular flexibility index (Phi) is 2.95. The molecule has 0 radical (unpaired) electrons. The molecule has 3 heteroatoms. The summed E-state index contributed by atoms with van der Waals surface area (Å²) in [5, 5.41) is 3.37. The van der Waals surface area contributed by atoms with Crippen molar-refractivity contribution in [2.45, 2.75) is 45.6 Å². The maximum absolute atomic E-state index is 5.85. The molecule has 1 aromatic heterocycles. The minimum Gasteiger partial charge on any atom is -0.444 e. The average molecular weight is 234 g/mol. The lowest BCUT2D eigenvalue weighted by molar-refractivity contribution is 0.416. The quantitative estimate of drug-likeness (QED) is 0.851. The average Bonchev–Trinajstić information content (AvgIpc) is 2.73. The standard InChI is InChI=1S/C14H22N2O/c1-9(2)6-15-8-13-16-7-12(17-13)14-10-4-3-5-11(10)14/h7,9-11,14-15H,3-6,8H2,1-2H3. The van der Waals surface area contributed by atoms with E-state index in [0.717, 1.165) is 36.6 Å². The first-order chi connectivity index (χ1) is 8.25. The first-order valence-electron chi connectivity index (χ1n) is 6.91. The first kappa shape index (κ1) is 11.3. The smallest absolute Gasteiger partial charge is 0.208 e. The lowest BCUT2D eigenvalue weighted by atomic mass is 10.1. The summed E-state index contributed by atoms with van der Waals surface area (Å²) in [5.74, 6) is 5.20. The van der Waals surface area contributed by atoms with Crippen LogP contribution in [0.25, 0.3) is 0 Å². The predicted octanol–water partition coefficient (Wildman–Crippen LogP) is 2.93. The van der Waals surface area contributed by atoms with E-state index in [4.69, 9.17) is 4.42 Å². The maximum atomic E-state index is 5.85. The lowest BCUT2D eigenvalue weighted by Crippen LogP contribution is -2.19. The van der Waals surface area contributed by atoms with Gasteiger partial charge in [-0.15, -0.1) is 0 Å². The van der Waals surface area contributed by atoms with Gasteiger partial charge in [-0.1, -0.05) is 20.3 Å². The third-order valence-electron chi connectivity index (χ3n) is 4.14. The fourth-order valence-electron chi connectivity index (χ4n) is 3.27. The summed E-state index contributed by atoms with van der Waals surface area (Å²) >= 11 is 0. The van der Waals surface area contributed by atoms with Crippen LogP contribution in [0.3, 0.4) is 0 Å². The number of aromatic nitrogens is 1. The normalized spacial score (nSPS) is 30.9. The van der Waals surface area contributed by atoms with E-state index in [1.165, 1.54) is 19.3 Å². The first-order valence-corrected chi connectivity index (χ1v) is 6.91. The van der Waals surface area contributed by atoms with Gasteiger partial charge in [-0.3, -0.25) is 0 Å². The highest BCUT2D eigenvalue weighted by atomic mass is 16.4. The third kappa shape index (κ3) is 2.25. The summed E-state index contributed by atoms with van der Waals surface area (Å²) < 4.78 is 5.85. The van der Waals surface area contributed by atoms with E-state index in [0.29, 0.717) is 11.8 Å². The van der Waals surface area contributed by atoms with Crippen molar-refractivity contribution in [2.75, 3.05) is 6.54 Å². The molecule has 1 heterocycles. The van der Waals surface area contributed by atoms with Gasteiger partial charge in [0.1, 0.15) is 5.76 Å². The molecule has 0 aliphatic heterocycles. The molecule has 1 aromatic rings. The summed E-state index contributed by atoms with van der Waals surface area (Å²) in [6.07, 6.45) is 6.17. The van der Waals surface area contributed by atoms with Crippen LogP contribution < -0.4 is 5.32 Å². The summed E-state index contributed by atoms with van der Waals surface area (Å²) in [7, 11) is 0. The topological polar surface area (TPSA) is 38.1 Å². The molecule has 3 nitrogen and oxygen atoms in total. The summed E-state index contributed by atoms with van der Waals surface area (Å²) in [5.41, 5.74) is 0. The van der Waals surface area contributed by atoms with Gasteiger partial charge >= 0.3 is 0 Å². The van der Waals surface area contributed by atoms with Crippen LogP contribution in [0.2, 0.25) is 0 Å². The van der Waals surface area contributed by atoms with E-state index in [1.54, 1.807) is 0 Å². The summed E-state index contributed by atoms with van der Waals surface area (Å²) in [6, 6.07) is 0.